The maximum absolute atomic E-state index is 14.2. The summed E-state index contributed by atoms with van der Waals surface area (Å²) in [6.07, 6.45) is -1.27. The lowest BCUT2D eigenvalue weighted by molar-refractivity contribution is -0.271. The van der Waals surface area contributed by atoms with E-state index >= 15 is 0 Å². The van der Waals surface area contributed by atoms with E-state index in [9.17, 15) is 59.4 Å². The number of aliphatic hydroxyl groups is 5. The Balaban J connectivity index is 0.738. The number of ether oxygens (including phenoxy) is 4. The summed E-state index contributed by atoms with van der Waals surface area (Å²) in [6, 6.07) is 12.0. The minimum Gasteiger partial charge on any atom is -0.487 e. The number of carboxylic acids is 1. The molecule has 0 spiro atoms. The van der Waals surface area contributed by atoms with Gasteiger partial charge in [-0.25, -0.2) is 15.5 Å². The highest BCUT2D eigenvalue weighted by atomic mass is 16.7. The van der Waals surface area contributed by atoms with Crippen LogP contribution in [0, 0.1) is 39.9 Å². The molecule has 8 fully saturated rings. The molecule has 2 aliphatic heterocycles. The van der Waals surface area contributed by atoms with E-state index in [2.05, 4.69) is 39.5 Å². The molecular weight excluding hydrogens is 979 g/mol. The van der Waals surface area contributed by atoms with Crippen LogP contribution >= 0.6 is 0 Å². The first-order valence-corrected chi connectivity index (χ1v) is 25.5. The Morgan fingerprint density at radius 2 is 1.71 bits per heavy atom. The first-order chi connectivity index (χ1) is 35.7. The van der Waals surface area contributed by atoms with E-state index in [4.69, 9.17) is 24.8 Å². The van der Waals surface area contributed by atoms with Gasteiger partial charge in [-0.05, 0) is 103 Å². The van der Waals surface area contributed by atoms with Crippen LogP contribution in [0.4, 0.5) is 16.2 Å². The van der Waals surface area contributed by atoms with Crippen molar-refractivity contribution in [3.63, 3.8) is 0 Å². The number of ketones is 2. The summed E-state index contributed by atoms with van der Waals surface area (Å²) in [6.45, 7) is 4.02. The number of carboxylic acid groups (broad SMARTS) is 1. The zero-order chi connectivity index (χ0) is 53.4. The molecule has 404 valence electrons. The number of aliphatic hydroxyl groups excluding tert-OH is 5. The highest BCUT2D eigenvalue weighted by Gasteiger charge is 2.74. The number of allylic oxidation sites excluding steroid dienone is 4. The van der Waals surface area contributed by atoms with Crippen LogP contribution in [0.15, 0.2) is 66.3 Å². The van der Waals surface area contributed by atoms with Gasteiger partial charge in [0.2, 0.25) is 18.1 Å². The molecule has 7 aliphatic carbocycles. The van der Waals surface area contributed by atoms with Crippen molar-refractivity contribution < 1.29 is 83.2 Å². The standard InChI is InChI=1S/C53H65N5O17/c1-49-13-11-31(60)16-28(49)4-9-33-34-17-29-19-58(26-53(29,38(62)20-59)50(34,2)18-36(61)41(33)49)30-5-7-32(8-6-30)75-52-23-51(24-52,25-52)57-48(70)71-21-27-3-10-37(35(15-27)56-39(63)12-14-55-40(64)22-72-54)73-47-44(67)42(65)43(66)45(74-47)46(68)69/h3,5-8,10-11,13,15-16,29,33-34,36,41-45,47,59,61,65-67H,4,9,12,14,17-26,54H2,1-2H3,(H,55,64)(H,56,63)(H,57,70)(H,68,69)/t29-,33-,34-,36-,41+,42-,43-,44+,45-,47+,49-,50-,51?,52?,53+/m0/s1. The fourth-order valence-corrected chi connectivity index (χ4v) is 14.8. The van der Waals surface area contributed by atoms with E-state index in [0.717, 1.165) is 30.5 Å². The topological polar surface area (TPSA) is 335 Å². The summed E-state index contributed by atoms with van der Waals surface area (Å²) in [5, 5.41) is 71.0. The molecular formula is C53H65N5O17. The Morgan fingerprint density at radius 1 is 0.960 bits per heavy atom. The van der Waals surface area contributed by atoms with E-state index in [-0.39, 0.29) is 66.2 Å². The van der Waals surface area contributed by atoms with Crippen molar-refractivity contribution in [2.75, 3.05) is 43.1 Å². The van der Waals surface area contributed by atoms with Crippen molar-refractivity contribution in [1.82, 2.24) is 10.6 Å². The van der Waals surface area contributed by atoms with Gasteiger partial charge in [-0.1, -0.05) is 31.6 Å². The van der Waals surface area contributed by atoms with Gasteiger partial charge in [0, 0.05) is 62.3 Å². The predicted octanol–water partition coefficient (Wildman–Crippen LogP) is 1.15. The molecule has 13 atom stereocenters. The van der Waals surface area contributed by atoms with E-state index in [1.165, 1.54) is 18.2 Å². The van der Waals surface area contributed by atoms with Gasteiger partial charge in [0.1, 0.15) is 55.2 Å². The molecule has 2 heterocycles. The van der Waals surface area contributed by atoms with Gasteiger partial charge in [-0.15, -0.1) is 0 Å². The number of carbonyl (C=O) groups is 6. The van der Waals surface area contributed by atoms with Crippen LogP contribution < -0.4 is 36.2 Å². The second-order valence-electron chi connectivity index (χ2n) is 22.5. The summed E-state index contributed by atoms with van der Waals surface area (Å²) in [7, 11) is 0. The average molecular weight is 1040 g/mol. The normalized spacial score (nSPS) is 37.7. The Labute approximate surface area is 431 Å². The number of amides is 3. The van der Waals surface area contributed by atoms with Crippen LogP contribution in [-0.4, -0.2) is 147 Å². The Hall–Kier alpha value is -5.98. The third kappa shape index (κ3) is 9.05. The van der Waals surface area contributed by atoms with Crippen molar-refractivity contribution in [2.24, 2.45) is 45.8 Å². The van der Waals surface area contributed by atoms with Gasteiger partial charge in [0.05, 0.1) is 22.7 Å². The zero-order valence-corrected chi connectivity index (χ0v) is 41.6. The summed E-state index contributed by atoms with van der Waals surface area (Å²) in [5.74, 6) is 2.73. The average Bonchev–Trinajstić information content (AvgIpc) is 3.85. The van der Waals surface area contributed by atoms with Crippen LogP contribution in [0.1, 0.15) is 70.8 Å². The lowest BCUT2D eigenvalue weighted by Gasteiger charge is -2.68. The molecule has 9 aliphatic rings. The molecule has 6 saturated carbocycles. The highest BCUT2D eigenvalue weighted by molar-refractivity contribution is 6.01. The van der Waals surface area contributed by atoms with Crippen LogP contribution in [0.25, 0.3) is 0 Å². The van der Waals surface area contributed by atoms with Gasteiger partial charge < -0.3 is 70.4 Å². The van der Waals surface area contributed by atoms with Gasteiger partial charge in [-0.2, -0.15) is 0 Å². The molecule has 2 saturated heterocycles. The van der Waals surface area contributed by atoms with E-state index < -0.39 is 101 Å². The van der Waals surface area contributed by atoms with Gasteiger partial charge in [-0.3, -0.25) is 24.0 Å². The molecule has 0 radical (unpaired) electrons. The number of benzene rings is 2. The van der Waals surface area contributed by atoms with Crippen LogP contribution in [0.2, 0.25) is 0 Å². The molecule has 75 heavy (non-hydrogen) atoms. The molecule has 3 amide bonds. The number of rotatable bonds is 17. The van der Waals surface area contributed by atoms with Crippen molar-refractivity contribution in [2.45, 2.75) is 120 Å². The van der Waals surface area contributed by atoms with E-state index in [1.807, 2.05) is 30.3 Å². The number of aliphatic carboxylic acids is 1. The first kappa shape index (κ1) is 52.5. The van der Waals surface area contributed by atoms with Crippen molar-refractivity contribution in [3.05, 3.63) is 71.8 Å². The van der Waals surface area contributed by atoms with Crippen molar-refractivity contribution in [1.29, 1.82) is 0 Å². The fourth-order valence-electron chi connectivity index (χ4n) is 14.8. The predicted molar refractivity (Wildman–Crippen MR) is 261 cm³/mol. The number of nitrogens with two attached hydrogens (primary N) is 1. The number of carbonyl (C=O) groups excluding carboxylic acids is 5. The number of anilines is 2. The first-order valence-electron chi connectivity index (χ1n) is 25.5. The summed E-state index contributed by atoms with van der Waals surface area (Å²) < 4.78 is 23.0. The highest BCUT2D eigenvalue weighted by Crippen LogP contribution is 2.73. The summed E-state index contributed by atoms with van der Waals surface area (Å²) in [5.41, 5.74) is -0.443. The second-order valence-corrected chi connectivity index (χ2v) is 22.5. The maximum atomic E-state index is 14.2. The monoisotopic (exact) mass is 1040 g/mol. The zero-order valence-electron chi connectivity index (χ0n) is 41.6. The Morgan fingerprint density at radius 3 is 2.41 bits per heavy atom. The molecule has 2 aromatic rings. The van der Waals surface area contributed by atoms with Crippen LogP contribution in [0.3, 0.4) is 0 Å². The maximum Gasteiger partial charge on any atom is 0.407 e. The molecule has 11 N–H and O–H groups in total. The summed E-state index contributed by atoms with van der Waals surface area (Å²) in [4.78, 5) is 82.5. The molecule has 11 rings (SSSR count). The number of nitrogens with zero attached hydrogens (tertiary/aromatic N) is 1. The minimum atomic E-state index is -1.96. The lowest BCUT2D eigenvalue weighted by Crippen LogP contribution is -2.80. The number of Topliss-reactive ketones (excluding diaryl/α,β-unsaturated/α-hetero) is 1. The molecule has 22 nitrogen and oxygen atoms in total. The Bertz CT molecular complexity index is 2680. The number of alkyl carbamates (subject to hydrolysis) is 1. The van der Waals surface area contributed by atoms with E-state index in [0.29, 0.717) is 50.1 Å². The minimum absolute atomic E-state index is 0.0110. The molecule has 22 heteroatoms. The van der Waals surface area contributed by atoms with Gasteiger partial charge >= 0.3 is 12.1 Å². The molecule has 0 aromatic heterocycles. The smallest absolute Gasteiger partial charge is 0.407 e. The van der Waals surface area contributed by atoms with Crippen LogP contribution in [-0.2, 0) is 44.9 Å². The molecule has 2 aromatic carbocycles. The second kappa shape index (κ2) is 19.5. The number of fused-ring (bicyclic) bond motifs is 7. The van der Waals surface area contributed by atoms with Crippen molar-refractivity contribution >= 4 is 46.8 Å². The molecule has 0 unspecified atom stereocenters. The Kier molecular flexibility index (Phi) is 13.7. The number of hydrogen-bond donors (Lipinski definition) is 10. The lowest BCUT2D eigenvalue weighted by atomic mass is 9.44. The third-order valence-corrected chi connectivity index (χ3v) is 18.2. The van der Waals surface area contributed by atoms with E-state index in [1.54, 1.807) is 12.2 Å². The third-order valence-electron chi connectivity index (χ3n) is 18.2. The van der Waals surface area contributed by atoms with Crippen LogP contribution in [0.5, 0.6) is 11.5 Å². The number of hydrogen-bond acceptors (Lipinski definition) is 18. The summed E-state index contributed by atoms with van der Waals surface area (Å²) >= 11 is 0. The fraction of sp³-hybridized carbons (Fsp3) is 0.585. The molecule has 2 bridgehead atoms. The van der Waals surface area contributed by atoms with Gasteiger partial charge in [0.25, 0.3) is 0 Å². The SMILES string of the molecule is C[C@]12C=CC(=O)C=C1CC[C@@H]1[C@@H]2[C@@H](O)C[C@@]2(C)[C@H]1C[C@H]1CN(c3ccc(OC45CC(NC(=O)OCc6ccc(O[C@@H]7O[C@H](C(=O)O)[C@@H](O)[C@H](O)[C@H]7O)c(NC(=O)CCNC(=O)CON)c6)(C4)C5)cc3)C[C@]12C(=O)CO. The largest absolute Gasteiger partial charge is 0.487 e. The van der Waals surface area contributed by atoms with Gasteiger partial charge in [0.15, 0.2) is 17.7 Å². The number of nitrogens with one attached hydrogen (secondary N) is 3. The van der Waals surface area contributed by atoms with Crippen molar-refractivity contribution in [3.8, 4) is 11.5 Å². The quantitative estimate of drug-likeness (QED) is 0.0994.